The third-order valence-corrected chi connectivity index (χ3v) is 8.86. The van der Waals surface area contributed by atoms with Crippen molar-refractivity contribution in [1.82, 2.24) is 9.62 Å². The van der Waals surface area contributed by atoms with E-state index in [9.17, 15) is 18.0 Å². The van der Waals surface area contributed by atoms with Crippen LogP contribution in [0.3, 0.4) is 0 Å². The standard InChI is InChI=1S/C30H35N3O4S/c1-23(25-15-6-3-7-16-25)31-30(35)27-18-8-9-19-28(27)32-29(34)26-17-10-20-33(22-26)38(36,37)21-11-14-24-12-4-2-5-13-24/h2-9,12-13,15-16,18-19,23,26H,10-11,14,17,20-22H2,1H3,(H,31,35)(H,32,34)/t23-,26-/m0/s1. The second kappa shape index (κ2) is 12.8. The predicted octanol–water partition coefficient (Wildman–Crippen LogP) is 4.79. The summed E-state index contributed by atoms with van der Waals surface area (Å²) in [5.41, 5.74) is 2.87. The third kappa shape index (κ3) is 7.30. The quantitative estimate of drug-likeness (QED) is 0.392. The Morgan fingerprint density at radius 1 is 0.947 bits per heavy atom. The number of nitrogens with one attached hydrogen (secondary N) is 2. The lowest BCUT2D eigenvalue weighted by atomic mass is 9.98. The summed E-state index contributed by atoms with van der Waals surface area (Å²) < 4.78 is 27.5. The van der Waals surface area contributed by atoms with Gasteiger partial charge in [0.05, 0.1) is 29.0 Å². The minimum Gasteiger partial charge on any atom is -0.345 e. The van der Waals surface area contributed by atoms with Crippen LogP contribution in [0.5, 0.6) is 0 Å². The summed E-state index contributed by atoms with van der Waals surface area (Å²) in [6, 6.07) is 26.2. The first-order valence-electron chi connectivity index (χ1n) is 13.1. The normalized spacial score (nSPS) is 16.9. The first-order valence-corrected chi connectivity index (χ1v) is 14.7. The van der Waals surface area contributed by atoms with Gasteiger partial charge in [-0.1, -0.05) is 72.8 Å². The second-order valence-corrected chi connectivity index (χ2v) is 11.8. The summed E-state index contributed by atoms with van der Waals surface area (Å²) in [5, 5.41) is 5.88. The molecule has 1 aliphatic rings. The van der Waals surface area contributed by atoms with Crippen molar-refractivity contribution in [2.24, 2.45) is 5.92 Å². The highest BCUT2D eigenvalue weighted by Gasteiger charge is 2.32. The first-order chi connectivity index (χ1) is 18.3. The average Bonchev–Trinajstić information content (AvgIpc) is 2.94. The van der Waals surface area contributed by atoms with Gasteiger partial charge in [0.1, 0.15) is 0 Å². The number of aryl methyl sites for hydroxylation is 1. The lowest BCUT2D eigenvalue weighted by Crippen LogP contribution is -2.44. The van der Waals surface area contributed by atoms with Gasteiger partial charge in [-0.3, -0.25) is 9.59 Å². The number of rotatable bonds is 10. The molecule has 8 heteroatoms. The van der Waals surface area contributed by atoms with Crippen LogP contribution in [-0.4, -0.2) is 43.4 Å². The largest absolute Gasteiger partial charge is 0.345 e. The van der Waals surface area contributed by atoms with E-state index in [-0.39, 0.29) is 30.2 Å². The molecule has 200 valence electrons. The van der Waals surface area contributed by atoms with E-state index in [1.807, 2.05) is 67.6 Å². The van der Waals surface area contributed by atoms with Crippen LogP contribution in [0.2, 0.25) is 0 Å². The van der Waals surface area contributed by atoms with Crippen molar-refractivity contribution >= 4 is 27.5 Å². The van der Waals surface area contributed by atoms with Crippen molar-refractivity contribution in [3.05, 3.63) is 102 Å². The molecule has 0 spiro atoms. The van der Waals surface area contributed by atoms with Crippen molar-refractivity contribution in [3.63, 3.8) is 0 Å². The number of carbonyl (C=O) groups excluding carboxylic acids is 2. The van der Waals surface area contributed by atoms with Crippen molar-refractivity contribution in [2.45, 2.75) is 38.6 Å². The molecule has 2 atom stereocenters. The van der Waals surface area contributed by atoms with Crippen LogP contribution >= 0.6 is 0 Å². The fourth-order valence-electron chi connectivity index (χ4n) is 4.77. The lowest BCUT2D eigenvalue weighted by molar-refractivity contribution is -0.120. The zero-order valence-corrected chi connectivity index (χ0v) is 22.5. The molecular weight excluding hydrogens is 498 g/mol. The number of anilines is 1. The molecule has 2 amide bonds. The van der Waals surface area contributed by atoms with Gasteiger partial charge in [0.2, 0.25) is 15.9 Å². The smallest absolute Gasteiger partial charge is 0.253 e. The molecule has 0 unspecified atom stereocenters. The molecule has 3 aromatic carbocycles. The number of benzene rings is 3. The number of hydrogen-bond donors (Lipinski definition) is 2. The molecular formula is C30H35N3O4S. The van der Waals surface area contributed by atoms with Crippen LogP contribution in [-0.2, 0) is 21.2 Å². The highest BCUT2D eigenvalue weighted by atomic mass is 32.2. The van der Waals surface area contributed by atoms with Gasteiger partial charge in [0.15, 0.2) is 0 Å². The van der Waals surface area contributed by atoms with E-state index in [4.69, 9.17) is 0 Å². The Hall–Kier alpha value is -3.49. The zero-order valence-electron chi connectivity index (χ0n) is 21.7. The minimum atomic E-state index is -3.47. The first kappa shape index (κ1) is 27.5. The van der Waals surface area contributed by atoms with Crippen molar-refractivity contribution in [3.8, 4) is 0 Å². The summed E-state index contributed by atoms with van der Waals surface area (Å²) >= 11 is 0. The average molecular weight is 534 g/mol. The number of sulfonamides is 1. The van der Waals surface area contributed by atoms with E-state index in [1.165, 1.54) is 4.31 Å². The Labute approximate surface area is 225 Å². The van der Waals surface area contributed by atoms with Gasteiger partial charge < -0.3 is 10.6 Å². The molecule has 0 aliphatic carbocycles. The number of carbonyl (C=O) groups is 2. The minimum absolute atomic E-state index is 0.0544. The van der Waals surface area contributed by atoms with Gasteiger partial charge in [-0.15, -0.1) is 0 Å². The maximum absolute atomic E-state index is 13.2. The summed E-state index contributed by atoms with van der Waals surface area (Å²) in [6.07, 6.45) is 2.44. The highest BCUT2D eigenvalue weighted by molar-refractivity contribution is 7.89. The van der Waals surface area contributed by atoms with E-state index in [0.717, 1.165) is 11.1 Å². The van der Waals surface area contributed by atoms with E-state index in [0.29, 0.717) is 43.5 Å². The zero-order chi connectivity index (χ0) is 27.0. The molecule has 1 heterocycles. The number of para-hydroxylation sites is 1. The van der Waals surface area contributed by atoms with Crippen LogP contribution in [0.25, 0.3) is 0 Å². The highest BCUT2D eigenvalue weighted by Crippen LogP contribution is 2.24. The van der Waals surface area contributed by atoms with E-state index in [2.05, 4.69) is 10.6 Å². The SMILES string of the molecule is C[C@H](NC(=O)c1ccccc1NC(=O)[C@H]1CCCN(S(=O)(=O)CCCc2ccccc2)C1)c1ccccc1. The van der Waals surface area contributed by atoms with Crippen LogP contribution in [0.4, 0.5) is 5.69 Å². The summed E-state index contributed by atoms with van der Waals surface area (Å²) in [7, 11) is -3.47. The Kier molecular flexibility index (Phi) is 9.31. The Morgan fingerprint density at radius 2 is 1.61 bits per heavy atom. The maximum atomic E-state index is 13.2. The van der Waals surface area contributed by atoms with E-state index < -0.39 is 15.9 Å². The molecule has 0 aromatic heterocycles. The Balaban J connectivity index is 1.36. The lowest BCUT2D eigenvalue weighted by Gasteiger charge is -2.31. The number of amides is 2. The number of nitrogens with zero attached hydrogens (tertiary/aromatic N) is 1. The van der Waals surface area contributed by atoms with Crippen molar-refractivity contribution in [1.29, 1.82) is 0 Å². The number of piperidine rings is 1. The van der Waals surface area contributed by atoms with Gasteiger partial charge in [-0.05, 0) is 55.9 Å². The molecule has 0 saturated carbocycles. The van der Waals surface area contributed by atoms with Gasteiger partial charge in [0, 0.05) is 13.1 Å². The molecule has 0 bridgehead atoms. The summed E-state index contributed by atoms with van der Waals surface area (Å²) in [6.45, 7) is 2.48. The molecule has 1 fully saturated rings. The van der Waals surface area contributed by atoms with Crippen LogP contribution in [0.1, 0.15) is 53.7 Å². The Morgan fingerprint density at radius 3 is 2.34 bits per heavy atom. The fourth-order valence-corrected chi connectivity index (χ4v) is 6.35. The van der Waals surface area contributed by atoms with E-state index in [1.54, 1.807) is 24.3 Å². The maximum Gasteiger partial charge on any atom is 0.253 e. The third-order valence-electron chi connectivity index (χ3n) is 6.94. The van der Waals surface area contributed by atoms with Gasteiger partial charge in [-0.25, -0.2) is 12.7 Å². The van der Waals surface area contributed by atoms with Gasteiger partial charge in [0.25, 0.3) is 5.91 Å². The molecule has 38 heavy (non-hydrogen) atoms. The fraction of sp³-hybridized carbons (Fsp3) is 0.333. The van der Waals surface area contributed by atoms with Crippen LogP contribution in [0.15, 0.2) is 84.9 Å². The topological polar surface area (TPSA) is 95.6 Å². The summed E-state index contributed by atoms with van der Waals surface area (Å²) in [4.78, 5) is 26.2. The molecule has 0 radical (unpaired) electrons. The molecule has 1 aliphatic heterocycles. The van der Waals surface area contributed by atoms with Crippen molar-refractivity contribution < 1.29 is 18.0 Å². The predicted molar refractivity (Wildman–Crippen MR) is 150 cm³/mol. The molecule has 1 saturated heterocycles. The van der Waals surface area contributed by atoms with E-state index >= 15 is 0 Å². The molecule has 2 N–H and O–H groups in total. The van der Waals surface area contributed by atoms with Crippen molar-refractivity contribution in [2.75, 3.05) is 24.2 Å². The van der Waals surface area contributed by atoms with Gasteiger partial charge >= 0.3 is 0 Å². The number of hydrogen-bond acceptors (Lipinski definition) is 4. The molecule has 3 aromatic rings. The van der Waals surface area contributed by atoms with Gasteiger partial charge in [-0.2, -0.15) is 0 Å². The molecule has 4 rings (SSSR count). The Bertz CT molecular complexity index is 1330. The van der Waals surface area contributed by atoms with Crippen LogP contribution in [0, 0.1) is 5.92 Å². The summed E-state index contributed by atoms with van der Waals surface area (Å²) in [5.74, 6) is -0.986. The monoisotopic (exact) mass is 533 g/mol. The van der Waals surface area contributed by atoms with Crippen LogP contribution < -0.4 is 10.6 Å². The second-order valence-electron chi connectivity index (χ2n) is 9.74. The molecule has 7 nitrogen and oxygen atoms in total.